The number of carboxylic acid groups (broad SMARTS) is 1. The summed E-state index contributed by atoms with van der Waals surface area (Å²) >= 11 is 12.8. The van der Waals surface area contributed by atoms with Gasteiger partial charge in [0.15, 0.2) is 5.78 Å². The van der Waals surface area contributed by atoms with Crippen molar-refractivity contribution in [2.75, 3.05) is 0 Å². The molecule has 1 N–H and O–H groups in total. The first-order valence-corrected chi connectivity index (χ1v) is 9.43. The summed E-state index contributed by atoms with van der Waals surface area (Å²) in [6.07, 6.45) is 7.45. The molecule has 0 unspecified atom stereocenters. The lowest BCUT2D eigenvalue weighted by molar-refractivity contribution is -0.160. The van der Waals surface area contributed by atoms with Crippen molar-refractivity contribution in [3.8, 4) is 0 Å². The molecule has 0 aliphatic heterocycles. The quantitative estimate of drug-likeness (QED) is 0.701. The van der Waals surface area contributed by atoms with Gasteiger partial charge >= 0.3 is 5.97 Å². The summed E-state index contributed by atoms with van der Waals surface area (Å²) in [5.41, 5.74) is -0.0670. The van der Waals surface area contributed by atoms with E-state index in [1.165, 1.54) is 0 Å². The monoisotopic (exact) mass is 370 g/mol. The Morgan fingerprint density at radius 3 is 2.54 bits per heavy atom. The van der Waals surface area contributed by atoms with E-state index in [2.05, 4.69) is 6.92 Å². The predicted molar refractivity (Wildman–Crippen MR) is 95.2 cm³/mol. The van der Waals surface area contributed by atoms with Crippen LogP contribution in [0.25, 0.3) is 0 Å². The number of hydrogen-bond donors (Lipinski definition) is 1. The van der Waals surface area contributed by atoms with Gasteiger partial charge in [0.2, 0.25) is 0 Å². The first-order valence-electron chi connectivity index (χ1n) is 8.56. The van der Waals surface area contributed by atoms with Crippen molar-refractivity contribution < 1.29 is 14.7 Å². The molecule has 132 valence electrons. The van der Waals surface area contributed by atoms with Gasteiger partial charge in [-0.1, -0.05) is 19.4 Å². The van der Waals surface area contributed by atoms with Gasteiger partial charge in [0.25, 0.3) is 0 Å². The van der Waals surface area contributed by atoms with Gasteiger partial charge in [0.1, 0.15) is 4.84 Å². The van der Waals surface area contributed by atoms with Crippen LogP contribution in [0.15, 0.2) is 23.3 Å². The summed E-state index contributed by atoms with van der Waals surface area (Å²) in [6.45, 7) is 5.76. The fraction of sp³-hybridized carbons (Fsp3) is 0.684. The average molecular weight is 371 g/mol. The Balaban J connectivity index is 2.17. The van der Waals surface area contributed by atoms with E-state index in [-0.39, 0.29) is 17.1 Å². The van der Waals surface area contributed by atoms with Gasteiger partial charge in [-0.05, 0) is 68.1 Å². The molecular formula is C19H24Cl2O3. The molecule has 0 aromatic carbocycles. The minimum absolute atomic E-state index is 0.0117. The normalized spacial score (nSPS) is 42.1. The molecule has 4 atom stereocenters. The maximum Gasteiger partial charge on any atom is 0.309 e. The summed E-state index contributed by atoms with van der Waals surface area (Å²) in [5, 5.41) is 9.86. The standard InChI is InChI=1S/C19H24Cl2O3/c1-11-10-19(15(20)21)8-5-13-17(2,14(19)9-12(11)22)6-4-7-18(13,3)16(23)24/h9-10,13,15H,4-8H2,1-3H3,(H,23,24)/t13-,17+,18+,19-/m1/s1. The number of fused-ring (bicyclic) bond motifs is 3. The topological polar surface area (TPSA) is 54.4 Å². The highest BCUT2D eigenvalue weighted by Gasteiger charge is 2.61. The van der Waals surface area contributed by atoms with Gasteiger partial charge in [0, 0.05) is 5.41 Å². The van der Waals surface area contributed by atoms with E-state index in [1.807, 2.05) is 13.0 Å². The third-order valence-corrected chi connectivity index (χ3v) is 7.69. The predicted octanol–water partition coefficient (Wildman–Crippen LogP) is 4.92. The van der Waals surface area contributed by atoms with Crippen LogP contribution in [-0.4, -0.2) is 21.7 Å². The Hall–Kier alpha value is -0.800. The van der Waals surface area contributed by atoms with Crippen molar-refractivity contribution in [3.05, 3.63) is 23.3 Å². The second kappa shape index (κ2) is 5.60. The molecule has 0 heterocycles. The molecule has 5 heteroatoms. The zero-order valence-corrected chi connectivity index (χ0v) is 15.9. The highest BCUT2D eigenvalue weighted by molar-refractivity contribution is 6.45. The first-order chi connectivity index (χ1) is 11.1. The van der Waals surface area contributed by atoms with Gasteiger partial charge in [-0.25, -0.2) is 0 Å². The fourth-order valence-electron chi connectivity index (χ4n) is 5.58. The number of carbonyl (C=O) groups excluding carboxylic acids is 1. The molecule has 0 radical (unpaired) electrons. The molecule has 0 saturated heterocycles. The zero-order valence-electron chi connectivity index (χ0n) is 14.4. The van der Waals surface area contributed by atoms with Crippen molar-refractivity contribution in [3.63, 3.8) is 0 Å². The van der Waals surface area contributed by atoms with Crippen LogP contribution in [0.1, 0.15) is 52.9 Å². The zero-order chi connectivity index (χ0) is 17.9. The van der Waals surface area contributed by atoms with Gasteiger partial charge in [-0.15, -0.1) is 23.2 Å². The summed E-state index contributed by atoms with van der Waals surface area (Å²) < 4.78 is 0. The highest BCUT2D eigenvalue weighted by Crippen LogP contribution is 2.67. The Morgan fingerprint density at radius 1 is 1.29 bits per heavy atom. The van der Waals surface area contributed by atoms with Crippen LogP contribution in [0, 0.1) is 22.2 Å². The van der Waals surface area contributed by atoms with E-state index in [0.29, 0.717) is 18.4 Å². The molecule has 0 aromatic heterocycles. The van der Waals surface area contributed by atoms with E-state index in [9.17, 15) is 14.7 Å². The molecule has 0 amide bonds. The van der Waals surface area contributed by atoms with Gasteiger partial charge in [-0.2, -0.15) is 0 Å². The Labute approximate surface area is 153 Å². The third-order valence-electron chi connectivity index (χ3n) is 6.91. The number of allylic oxidation sites excluding steroid dienone is 4. The molecule has 0 bridgehead atoms. The summed E-state index contributed by atoms with van der Waals surface area (Å²) in [6, 6.07) is 0. The molecule has 0 spiro atoms. The van der Waals surface area contributed by atoms with Crippen LogP contribution >= 0.6 is 23.2 Å². The first kappa shape index (κ1) is 18.0. The molecule has 3 rings (SSSR count). The number of ketones is 1. The molecule has 3 nitrogen and oxygen atoms in total. The van der Waals surface area contributed by atoms with Crippen LogP contribution in [-0.2, 0) is 9.59 Å². The number of halogens is 2. The number of rotatable bonds is 2. The molecule has 3 aliphatic carbocycles. The van der Waals surface area contributed by atoms with E-state index in [1.54, 1.807) is 13.0 Å². The highest BCUT2D eigenvalue weighted by atomic mass is 35.5. The van der Waals surface area contributed by atoms with Crippen molar-refractivity contribution in [1.82, 2.24) is 0 Å². The number of carbonyl (C=O) groups is 2. The van der Waals surface area contributed by atoms with Crippen molar-refractivity contribution >= 4 is 35.0 Å². The van der Waals surface area contributed by atoms with Crippen molar-refractivity contribution in [2.45, 2.75) is 57.7 Å². The Morgan fingerprint density at radius 2 is 1.96 bits per heavy atom. The van der Waals surface area contributed by atoms with Crippen LogP contribution in [0.4, 0.5) is 0 Å². The van der Waals surface area contributed by atoms with E-state index in [4.69, 9.17) is 23.2 Å². The molecule has 0 aromatic rings. The maximum atomic E-state index is 12.4. The molecule has 3 aliphatic rings. The fourth-order valence-corrected chi connectivity index (χ4v) is 6.16. The molecular weight excluding hydrogens is 347 g/mol. The largest absolute Gasteiger partial charge is 0.481 e. The van der Waals surface area contributed by atoms with Gasteiger partial charge < -0.3 is 5.11 Å². The van der Waals surface area contributed by atoms with Crippen molar-refractivity contribution in [1.29, 1.82) is 0 Å². The smallest absolute Gasteiger partial charge is 0.309 e. The second-order valence-electron chi connectivity index (χ2n) is 8.18. The van der Waals surface area contributed by atoms with E-state index in [0.717, 1.165) is 24.8 Å². The minimum atomic E-state index is -0.770. The number of carboxylic acids is 1. The van der Waals surface area contributed by atoms with Gasteiger partial charge in [-0.3, -0.25) is 9.59 Å². The third kappa shape index (κ3) is 2.24. The lowest BCUT2D eigenvalue weighted by Crippen LogP contribution is -2.56. The average Bonchev–Trinajstić information content (AvgIpc) is 2.48. The summed E-state index contributed by atoms with van der Waals surface area (Å²) in [7, 11) is 0. The van der Waals surface area contributed by atoms with E-state index < -0.39 is 21.6 Å². The van der Waals surface area contributed by atoms with Crippen LogP contribution in [0.3, 0.4) is 0 Å². The Kier molecular flexibility index (Phi) is 4.20. The maximum absolute atomic E-state index is 12.4. The van der Waals surface area contributed by atoms with Crippen molar-refractivity contribution in [2.24, 2.45) is 22.2 Å². The van der Waals surface area contributed by atoms with E-state index >= 15 is 0 Å². The second-order valence-corrected chi connectivity index (χ2v) is 9.27. The van der Waals surface area contributed by atoms with Crippen LogP contribution in [0.2, 0.25) is 0 Å². The summed E-state index contributed by atoms with van der Waals surface area (Å²) in [4.78, 5) is 23.7. The van der Waals surface area contributed by atoms with Crippen LogP contribution in [0.5, 0.6) is 0 Å². The SMILES string of the molecule is CC1=C[C@]2(C(Cl)Cl)CC[C@H]3[C@@](C)(C(=O)O)CCC[C@]3(C)C2=CC1=O. The molecule has 2 saturated carbocycles. The number of alkyl halides is 2. The minimum Gasteiger partial charge on any atom is -0.481 e. The van der Waals surface area contributed by atoms with Gasteiger partial charge in [0.05, 0.1) is 5.41 Å². The molecule has 24 heavy (non-hydrogen) atoms. The van der Waals surface area contributed by atoms with Crippen LogP contribution < -0.4 is 0 Å². The lowest BCUT2D eigenvalue weighted by Gasteiger charge is -2.60. The lowest BCUT2D eigenvalue weighted by atomic mass is 9.44. The molecule has 2 fully saturated rings. The number of hydrogen-bond acceptors (Lipinski definition) is 2. The Bertz CT molecular complexity index is 666. The number of aliphatic carboxylic acids is 1. The summed E-state index contributed by atoms with van der Waals surface area (Å²) in [5.74, 6) is -0.768.